The highest BCUT2D eigenvalue weighted by molar-refractivity contribution is 7.30. The number of ether oxygens (including phenoxy) is 4. The Kier molecular flexibility index (Phi) is 15.3. The molecule has 4 aliphatic rings. The molecule has 22 heteroatoms. The van der Waals surface area contributed by atoms with Crippen LogP contribution in [0.5, 0.6) is 0 Å². The van der Waals surface area contributed by atoms with Crippen LogP contribution >= 0.6 is 22.7 Å². The van der Waals surface area contributed by atoms with E-state index in [0.29, 0.717) is 46.5 Å². The zero-order valence-electron chi connectivity index (χ0n) is 45.9. The van der Waals surface area contributed by atoms with Gasteiger partial charge >= 0.3 is 23.9 Å². The third kappa shape index (κ3) is 9.56. The molecule has 436 valence electrons. The summed E-state index contributed by atoms with van der Waals surface area (Å²) in [5.41, 5.74) is -12.6. The Hall–Kier alpha value is -11.8. The lowest BCUT2D eigenvalue weighted by molar-refractivity contribution is -0.167. The number of benzene rings is 6. The summed E-state index contributed by atoms with van der Waals surface area (Å²) in [6, 6.07) is 43.0. The molecular weight excluding hydrogens is 1200 g/mol. The number of esters is 4. The van der Waals surface area contributed by atoms with E-state index in [0.717, 1.165) is 28.7 Å². The molecule has 0 aliphatic heterocycles. The second-order valence-electron chi connectivity index (χ2n) is 20.3. The Labute approximate surface area is 514 Å². The van der Waals surface area contributed by atoms with Crippen LogP contribution in [0.4, 0.5) is 22.6 Å². The predicted octanol–water partition coefficient (Wildman–Crippen LogP) is 12.3. The molecule has 0 spiro atoms. The number of hydrogen-bond donors (Lipinski definition) is 0. The first-order valence-corrected chi connectivity index (χ1v) is 28.5. The Bertz CT molecular complexity index is 4750. The maximum Gasteiger partial charge on any atom is 0.334 e. The number of Topliss-reactive ketones (excluding diaryl/α,β-unsaturated/α-hetero) is 2. The number of hydrogen-bond acceptors (Lipinski definition) is 18. The largest absolute Gasteiger partial charge is 0.459 e. The molecule has 90 heavy (non-hydrogen) atoms. The van der Waals surface area contributed by atoms with Gasteiger partial charge in [0.1, 0.15) is 78.3 Å². The molecule has 0 saturated heterocycles. The summed E-state index contributed by atoms with van der Waals surface area (Å²) in [6.45, 7) is -2.19. The van der Waals surface area contributed by atoms with E-state index in [4.69, 9.17) is 18.9 Å². The number of nitriles is 4. The van der Waals surface area contributed by atoms with Gasteiger partial charge in [0.05, 0.1) is 10.4 Å². The Morgan fingerprint density at radius 3 is 1.20 bits per heavy atom. The lowest BCUT2D eigenvalue weighted by Crippen LogP contribution is -2.46. The van der Waals surface area contributed by atoms with Crippen molar-refractivity contribution in [3.63, 3.8) is 0 Å². The molecule has 0 fully saturated rings. The molecule has 0 bridgehead atoms. The zero-order chi connectivity index (χ0) is 63.2. The molecule has 0 atom stereocenters. The molecule has 0 unspecified atom stereocenters. The van der Waals surface area contributed by atoms with E-state index in [2.05, 4.69) is 9.98 Å². The summed E-state index contributed by atoms with van der Waals surface area (Å²) < 4.78 is 84.9. The number of nitrogens with zero attached hydrogens (tertiary/aromatic N) is 6. The van der Waals surface area contributed by atoms with Gasteiger partial charge in [0.25, 0.3) is 0 Å². The number of ketones is 2. The summed E-state index contributed by atoms with van der Waals surface area (Å²) in [5.74, 6) is -13.8. The molecule has 0 saturated carbocycles. The average Bonchev–Trinajstić information content (AvgIpc) is 1.51. The molecule has 16 nitrogen and oxygen atoms in total. The normalized spacial score (nSPS) is 15.4. The number of thiophene rings is 2. The summed E-state index contributed by atoms with van der Waals surface area (Å²) in [4.78, 5) is 103. The Balaban J connectivity index is 1.17. The van der Waals surface area contributed by atoms with Crippen molar-refractivity contribution in [2.45, 2.75) is 31.8 Å². The van der Waals surface area contributed by atoms with Gasteiger partial charge in [0.15, 0.2) is 23.3 Å². The van der Waals surface area contributed by atoms with Crippen molar-refractivity contribution in [1.29, 1.82) is 21.0 Å². The molecule has 4 aliphatic carbocycles. The minimum Gasteiger partial charge on any atom is -0.459 e. The van der Waals surface area contributed by atoms with Crippen molar-refractivity contribution in [3.05, 3.63) is 258 Å². The number of rotatable bonds is 14. The fraction of sp³-hybridized carbons (Fsp3) is 0.0882. The van der Waals surface area contributed by atoms with Crippen molar-refractivity contribution >= 4 is 101 Å². The van der Waals surface area contributed by atoms with Crippen molar-refractivity contribution in [2.75, 3.05) is 0 Å². The fourth-order valence-electron chi connectivity index (χ4n) is 11.1. The minimum atomic E-state index is -3.19. The standard InChI is InChI=1S/C68H34F4N6O10S2/c69-46-21-41-43(23-48(46)71)59(79)57(53(41)39(27-73)28-74)77-51-25-45-55(68(51,65(83)87-33-37-17-9-3-10-18-37)66(84)88-34-38-19-11-4-12-20-38)62-56(67(45,63(81)85-31-35-13-5-1-6-14-35)64(82)86-32-36-15-7-2-8-16-36)61-50(89-62)26-52(90-61)78-58-54(40(29-75)30-76)42-22-47(70)49(72)24-44(42)60(58)80/h1-26H,31-34H2. The van der Waals surface area contributed by atoms with E-state index in [1.54, 1.807) is 146 Å². The number of aliphatic imine (C=N–C) groups is 2. The van der Waals surface area contributed by atoms with Gasteiger partial charge in [0.2, 0.25) is 22.4 Å². The highest BCUT2D eigenvalue weighted by Crippen LogP contribution is 2.66. The first kappa shape index (κ1) is 58.6. The Morgan fingerprint density at radius 1 is 0.467 bits per heavy atom. The molecule has 8 aromatic rings. The Morgan fingerprint density at radius 2 is 0.822 bits per heavy atom. The summed E-state index contributed by atoms with van der Waals surface area (Å²) in [5, 5.41) is 40.9. The van der Waals surface area contributed by atoms with Gasteiger partial charge in [-0.3, -0.25) is 28.8 Å². The fourth-order valence-corrected chi connectivity index (χ4v) is 13.8. The van der Waals surface area contributed by atoms with E-state index in [9.17, 15) is 39.4 Å². The van der Waals surface area contributed by atoms with Crippen LogP contribution in [0.25, 0.3) is 26.1 Å². The molecule has 2 heterocycles. The highest BCUT2D eigenvalue weighted by atomic mass is 32.1. The summed E-state index contributed by atoms with van der Waals surface area (Å²) in [7, 11) is 0. The predicted molar refractivity (Wildman–Crippen MR) is 316 cm³/mol. The van der Waals surface area contributed by atoms with E-state index in [-0.39, 0.29) is 30.4 Å². The van der Waals surface area contributed by atoms with Crippen molar-refractivity contribution in [1.82, 2.24) is 0 Å². The topological polar surface area (TPSA) is 259 Å². The van der Waals surface area contributed by atoms with E-state index < -0.39 is 163 Å². The van der Waals surface area contributed by atoms with Crippen LogP contribution in [0.1, 0.15) is 64.5 Å². The number of carbonyl (C=O) groups is 6. The van der Waals surface area contributed by atoms with E-state index >= 15 is 28.0 Å². The summed E-state index contributed by atoms with van der Waals surface area (Å²) in [6.07, 6.45) is 0.972. The van der Waals surface area contributed by atoms with Crippen LogP contribution in [-0.2, 0) is 70.0 Å². The molecule has 2 aromatic heterocycles. The lowest BCUT2D eigenvalue weighted by atomic mass is 9.77. The van der Waals surface area contributed by atoms with Crippen LogP contribution in [0.3, 0.4) is 0 Å². The van der Waals surface area contributed by atoms with Crippen LogP contribution in [0, 0.1) is 74.0 Å². The molecule has 0 N–H and O–H groups in total. The van der Waals surface area contributed by atoms with Crippen LogP contribution < -0.4 is 0 Å². The number of carbonyl (C=O) groups excluding carboxylic acids is 6. The second kappa shape index (κ2) is 23.5. The van der Waals surface area contributed by atoms with Gasteiger partial charge < -0.3 is 18.9 Å². The molecule has 0 radical (unpaired) electrons. The van der Waals surface area contributed by atoms with Gasteiger partial charge in [-0.25, -0.2) is 27.5 Å². The zero-order valence-corrected chi connectivity index (χ0v) is 47.6. The minimum absolute atomic E-state index is 0.00251. The van der Waals surface area contributed by atoms with Crippen molar-refractivity contribution < 1.29 is 65.3 Å². The van der Waals surface area contributed by atoms with Gasteiger partial charge in [-0.05, 0) is 64.2 Å². The highest BCUT2D eigenvalue weighted by Gasteiger charge is 2.71. The third-order valence-corrected chi connectivity index (χ3v) is 17.5. The monoisotopic (exact) mass is 1230 g/mol. The first-order chi connectivity index (χ1) is 43.6. The number of fused-ring (bicyclic) bond motifs is 6. The molecule has 12 rings (SSSR count). The maximum atomic E-state index is 16.2. The summed E-state index contributed by atoms with van der Waals surface area (Å²) >= 11 is 1.47. The van der Waals surface area contributed by atoms with Gasteiger partial charge in [-0.1, -0.05) is 121 Å². The number of allylic oxidation sites excluding steroid dienone is 5. The second-order valence-corrected chi connectivity index (χ2v) is 22.4. The number of halogens is 4. The van der Waals surface area contributed by atoms with Crippen LogP contribution in [-0.4, -0.2) is 46.9 Å². The lowest BCUT2D eigenvalue weighted by Gasteiger charge is -2.29. The van der Waals surface area contributed by atoms with Crippen LogP contribution in [0.2, 0.25) is 0 Å². The van der Waals surface area contributed by atoms with E-state index in [1.165, 1.54) is 6.07 Å². The third-order valence-electron chi connectivity index (χ3n) is 15.2. The SMILES string of the molecule is N#CC(C#N)=C1C(=NC2=CC3=C(c4sc5cc(N=C6C(=O)c7cc(F)c(F)cc7C6=C(C#N)C#N)sc5c4C3(C(=O)OCc3ccccc3)C(=O)OCc3ccccc3)C2(C(=O)OCc2ccccc2)C(=O)OCc2ccccc2)C(=O)c2cc(F)c(F)cc21. The van der Waals surface area contributed by atoms with Crippen molar-refractivity contribution in [3.8, 4) is 24.3 Å². The average molecular weight is 1240 g/mol. The molecule has 6 aromatic carbocycles. The van der Waals surface area contributed by atoms with Crippen molar-refractivity contribution in [2.24, 2.45) is 15.4 Å². The van der Waals surface area contributed by atoms with Gasteiger partial charge in [-0.2, -0.15) is 21.0 Å². The maximum absolute atomic E-state index is 16.2. The molecule has 0 amide bonds. The quantitative estimate of drug-likeness (QED) is 0.0322. The van der Waals surface area contributed by atoms with Crippen LogP contribution in [0.15, 0.2) is 190 Å². The molecular formula is C68H34F4N6O10S2. The van der Waals surface area contributed by atoms with E-state index in [1.807, 2.05) is 0 Å². The first-order valence-electron chi connectivity index (χ1n) is 26.8. The van der Waals surface area contributed by atoms with Gasteiger partial charge in [0, 0.05) is 54.1 Å². The smallest absolute Gasteiger partial charge is 0.334 e. The van der Waals surface area contributed by atoms with Gasteiger partial charge in [-0.15, -0.1) is 22.7 Å².